The van der Waals surface area contributed by atoms with Crippen molar-refractivity contribution in [3.05, 3.63) is 12.7 Å². The van der Waals surface area contributed by atoms with Gasteiger partial charge in [0.2, 0.25) is 17.6 Å². The standard InChI is InChI=1S/C33H57N5O7S/c1-10-15-23(25(39)28(41)34-19-11-2)35-27(40)24-22(31(3,4)5)16-20-38(24)29(42)26(32(6,7)8)36-30(43)37-33(21-46(9,44)45)17-13-12-14-18-33/h11,22-24,26H,2,10,12-21H2,1,3-9H3,(H,34,41)(H,35,40)(H2,36,37,43)/t22?,23?,24-,26+/m0/s1. The van der Waals surface area contributed by atoms with E-state index in [1.54, 1.807) is 0 Å². The maximum Gasteiger partial charge on any atom is 0.315 e. The lowest BCUT2D eigenvalue weighted by Gasteiger charge is -2.40. The number of Topliss-reactive ketones (excluding diaryl/α,β-unsaturated/α-hetero) is 1. The smallest absolute Gasteiger partial charge is 0.315 e. The first-order valence-corrected chi connectivity index (χ1v) is 18.5. The second kappa shape index (κ2) is 15.8. The van der Waals surface area contributed by atoms with Gasteiger partial charge in [0.1, 0.15) is 21.9 Å². The molecule has 4 atom stereocenters. The van der Waals surface area contributed by atoms with Gasteiger partial charge in [-0.15, -0.1) is 6.58 Å². The molecule has 1 heterocycles. The molecule has 12 nitrogen and oxygen atoms in total. The fourth-order valence-electron chi connectivity index (χ4n) is 6.75. The molecule has 46 heavy (non-hydrogen) atoms. The number of hydrogen-bond donors (Lipinski definition) is 4. The van der Waals surface area contributed by atoms with Crippen LogP contribution in [0, 0.1) is 16.7 Å². The van der Waals surface area contributed by atoms with Gasteiger partial charge >= 0.3 is 6.03 Å². The molecule has 0 spiro atoms. The molecule has 4 N–H and O–H groups in total. The summed E-state index contributed by atoms with van der Waals surface area (Å²) >= 11 is 0. The van der Waals surface area contributed by atoms with E-state index in [4.69, 9.17) is 0 Å². The predicted octanol–water partition coefficient (Wildman–Crippen LogP) is 2.87. The van der Waals surface area contributed by atoms with E-state index in [0.717, 1.165) is 25.5 Å². The highest BCUT2D eigenvalue weighted by Gasteiger charge is 2.50. The summed E-state index contributed by atoms with van der Waals surface area (Å²) in [6, 6.07) is -3.69. The van der Waals surface area contributed by atoms with Crippen LogP contribution in [0.2, 0.25) is 0 Å². The van der Waals surface area contributed by atoms with Crippen LogP contribution in [0.5, 0.6) is 0 Å². The molecular weight excluding hydrogens is 610 g/mol. The Labute approximate surface area is 275 Å². The highest BCUT2D eigenvalue weighted by molar-refractivity contribution is 7.90. The summed E-state index contributed by atoms with van der Waals surface area (Å²) in [6.45, 7) is 17.2. The van der Waals surface area contributed by atoms with Crippen molar-refractivity contribution in [3.8, 4) is 0 Å². The third-order valence-corrected chi connectivity index (χ3v) is 10.1. The van der Waals surface area contributed by atoms with Gasteiger partial charge in [-0.05, 0) is 42.4 Å². The average Bonchev–Trinajstić information content (AvgIpc) is 3.39. The fourth-order valence-corrected chi connectivity index (χ4v) is 8.12. The van der Waals surface area contributed by atoms with Gasteiger partial charge < -0.3 is 26.2 Å². The van der Waals surface area contributed by atoms with E-state index in [2.05, 4.69) is 27.8 Å². The van der Waals surface area contributed by atoms with Gasteiger partial charge in [-0.25, -0.2) is 13.2 Å². The van der Waals surface area contributed by atoms with E-state index in [0.29, 0.717) is 25.7 Å². The first-order chi connectivity index (χ1) is 21.2. The molecule has 0 aromatic carbocycles. The molecule has 262 valence electrons. The van der Waals surface area contributed by atoms with Crippen molar-refractivity contribution in [2.24, 2.45) is 16.7 Å². The summed E-state index contributed by atoms with van der Waals surface area (Å²) in [5.41, 5.74) is -2.08. The minimum absolute atomic E-state index is 0.110. The highest BCUT2D eigenvalue weighted by atomic mass is 32.2. The van der Waals surface area contributed by atoms with Crippen LogP contribution in [0.15, 0.2) is 12.7 Å². The van der Waals surface area contributed by atoms with Gasteiger partial charge in [-0.2, -0.15) is 0 Å². The lowest BCUT2D eigenvalue weighted by molar-refractivity contribution is -0.145. The first-order valence-electron chi connectivity index (χ1n) is 16.5. The van der Waals surface area contributed by atoms with E-state index in [-0.39, 0.29) is 36.6 Å². The number of carbonyl (C=O) groups excluding carboxylic acids is 5. The summed E-state index contributed by atoms with van der Waals surface area (Å²) in [5, 5.41) is 11.0. The summed E-state index contributed by atoms with van der Waals surface area (Å²) in [5.74, 6) is -3.01. The molecule has 0 aromatic rings. The summed E-state index contributed by atoms with van der Waals surface area (Å²) in [4.78, 5) is 68.8. The Hall–Kier alpha value is -2.96. The topological polar surface area (TPSA) is 171 Å². The van der Waals surface area contributed by atoms with Crippen LogP contribution >= 0.6 is 0 Å². The van der Waals surface area contributed by atoms with Crippen molar-refractivity contribution in [1.29, 1.82) is 0 Å². The molecule has 1 saturated heterocycles. The van der Waals surface area contributed by atoms with Crippen molar-refractivity contribution < 1.29 is 32.4 Å². The molecule has 0 aromatic heterocycles. The molecule has 1 aliphatic carbocycles. The maximum absolute atomic E-state index is 14.4. The van der Waals surface area contributed by atoms with Crippen molar-refractivity contribution in [1.82, 2.24) is 26.2 Å². The molecule has 1 aliphatic heterocycles. The molecule has 2 unspecified atom stereocenters. The normalized spacial score (nSPS) is 21.4. The Bertz CT molecular complexity index is 1250. The zero-order valence-corrected chi connectivity index (χ0v) is 29.9. The van der Waals surface area contributed by atoms with Crippen molar-refractivity contribution in [2.45, 2.75) is 123 Å². The zero-order chi connectivity index (χ0) is 35.1. The van der Waals surface area contributed by atoms with E-state index >= 15 is 0 Å². The SMILES string of the molecule is C=CCNC(=O)C(=O)C(CCC)NC(=O)[C@@H]1C(C(C)(C)C)CCN1C(=O)[C@@H](NC(=O)NC1(CS(C)(=O)=O)CCCCC1)C(C)(C)C. The van der Waals surface area contributed by atoms with Crippen LogP contribution in [0.4, 0.5) is 4.79 Å². The molecule has 5 amide bonds. The highest BCUT2D eigenvalue weighted by Crippen LogP contribution is 2.40. The quantitative estimate of drug-likeness (QED) is 0.173. The minimum Gasteiger partial charge on any atom is -0.346 e. The van der Waals surface area contributed by atoms with Gasteiger partial charge in [-0.3, -0.25) is 19.2 Å². The molecule has 2 rings (SSSR count). The second-order valence-electron chi connectivity index (χ2n) is 15.3. The van der Waals surface area contributed by atoms with E-state index in [1.165, 1.54) is 11.0 Å². The van der Waals surface area contributed by atoms with Crippen molar-refractivity contribution in [3.63, 3.8) is 0 Å². The third-order valence-electron chi connectivity index (χ3n) is 9.02. The van der Waals surface area contributed by atoms with Crippen LogP contribution < -0.4 is 21.3 Å². The van der Waals surface area contributed by atoms with Gasteiger partial charge in [0, 0.05) is 19.3 Å². The van der Waals surface area contributed by atoms with E-state index in [1.807, 2.05) is 48.5 Å². The molecule has 0 radical (unpaired) electrons. The number of nitrogens with zero attached hydrogens (tertiary/aromatic N) is 1. The summed E-state index contributed by atoms with van der Waals surface area (Å²) in [7, 11) is -3.40. The van der Waals surface area contributed by atoms with Crippen LogP contribution in [0.3, 0.4) is 0 Å². The van der Waals surface area contributed by atoms with Gasteiger partial charge in [-0.1, -0.05) is 80.2 Å². The molecule has 0 bridgehead atoms. The third kappa shape index (κ3) is 10.8. The number of nitrogens with one attached hydrogen (secondary N) is 4. The van der Waals surface area contributed by atoms with Gasteiger partial charge in [0.05, 0.1) is 17.3 Å². The summed E-state index contributed by atoms with van der Waals surface area (Å²) < 4.78 is 24.6. The monoisotopic (exact) mass is 667 g/mol. The average molecular weight is 668 g/mol. The molecular formula is C33H57N5O7S. The van der Waals surface area contributed by atoms with Crippen LogP contribution in [0.1, 0.15) is 99.8 Å². The molecule has 2 aliphatic rings. The van der Waals surface area contributed by atoms with Crippen molar-refractivity contribution in [2.75, 3.05) is 25.1 Å². The van der Waals surface area contributed by atoms with Crippen LogP contribution in [-0.2, 0) is 29.0 Å². The summed E-state index contributed by atoms with van der Waals surface area (Å²) in [6.07, 6.45) is 7.48. The number of carbonyl (C=O) groups is 5. The van der Waals surface area contributed by atoms with E-state index < -0.39 is 68.5 Å². The zero-order valence-electron chi connectivity index (χ0n) is 29.1. The van der Waals surface area contributed by atoms with Crippen LogP contribution in [0.25, 0.3) is 0 Å². The molecule has 1 saturated carbocycles. The Morgan fingerprint density at radius 3 is 2.11 bits per heavy atom. The van der Waals surface area contributed by atoms with Gasteiger partial charge in [0.15, 0.2) is 0 Å². The van der Waals surface area contributed by atoms with Gasteiger partial charge in [0.25, 0.3) is 5.91 Å². The fraction of sp³-hybridized carbons (Fsp3) is 0.788. The number of amides is 5. The molecule has 13 heteroatoms. The Morgan fingerprint density at radius 2 is 1.61 bits per heavy atom. The number of sulfone groups is 1. The number of rotatable bonds is 13. The molecule has 2 fully saturated rings. The lowest BCUT2D eigenvalue weighted by Crippen LogP contribution is -2.63. The number of urea groups is 1. The predicted molar refractivity (Wildman–Crippen MR) is 179 cm³/mol. The minimum atomic E-state index is -3.40. The number of hydrogen-bond acceptors (Lipinski definition) is 7. The Morgan fingerprint density at radius 1 is 1.00 bits per heavy atom. The first kappa shape index (κ1) is 39.2. The largest absolute Gasteiger partial charge is 0.346 e. The maximum atomic E-state index is 14.4. The lowest BCUT2D eigenvalue weighted by atomic mass is 9.75. The number of ketones is 1. The van der Waals surface area contributed by atoms with Crippen molar-refractivity contribution >= 4 is 39.4 Å². The van der Waals surface area contributed by atoms with E-state index in [9.17, 15) is 32.4 Å². The van der Waals surface area contributed by atoms with Crippen LogP contribution in [-0.4, -0.2) is 91.6 Å². The Balaban J connectivity index is 2.39. The second-order valence-corrected chi connectivity index (χ2v) is 17.4. The Kier molecular flexibility index (Phi) is 13.4. The number of likely N-dealkylation sites (tertiary alicyclic amines) is 1.